The molecule has 0 saturated carbocycles. The van der Waals surface area contributed by atoms with E-state index in [0.29, 0.717) is 18.8 Å². The van der Waals surface area contributed by atoms with Crippen molar-refractivity contribution in [2.75, 3.05) is 6.54 Å². The van der Waals surface area contributed by atoms with Crippen LogP contribution in [0.15, 0.2) is 46.0 Å². The van der Waals surface area contributed by atoms with Gasteiger partial charge in [0.2, 0.25) is 0 Å². The van der Waals surface area contributed by atoms with Crippen molar-refractivity contribution in [2.24, 2.45) is 7.05 Å². The first-order chi connectivity index (χ1) is 15.0. The molecule has 2 N–H and O–H groups in total. The van der Waals surface area contributed by atoms with E-state index in [1.807, 2.05) is 36.4 Å². The Bertz CT molecular complexity index is 1270. The Hall–Kier alpha value is -4.06. The van der Waals surface area contributed by atoms with Crippen molar-refractivity contribution >= 4 is 23.3 Å². The molecule has 3 rings (SSSR count). The summed E-state index contributed by atoms with van der Waals surface area (Å²) in [5.74, 6) is 6.20. The number of ether oxygens (including phenoxy) is 1. The SMILES string of the molecule is CC#CCn1c(C=CCCNC(=O)OCc2ccccc2)nc2c1c(=O)[nH]c(=O)n2C. The Kier molecular flexibility index (Phi) is 7.06. The lowest BCUT2D eigenvalue weighted by molar-refractivity contribution is 0.140. The van der Waals surface area contributed by atoms with Gasteiger partial charge in [-0.1, -0.05) is 42.3 Å². The van der Waals surface area contributed by atoms with Gasteiger partial charge < -0.3 is 14.6 Å². The van der Waals surface area contributed by atoms with E-state index in [1.165, 1.54) is 4.57 Å². The third kappa shape index (κ3) is 5.30. The number of hydrogen-bond acceptors (Lipinski definition) is 5. The van der Waals surface area contributed by atoms with E-state index in [-0.39, 0.29) is 24.3 Å². The number of H-pyrrole nitrogens is 1. The van der Waals surface area contributed by atoms with Gasteiger partial charge in [0, 0.05) is 13.6 Å². The zero-order valence-corrected chi connectivity index (χ0v) is 17.3. The fourth-order valence-corrected chi connectivity index (χ4v) is 2.92. The molecule has 9 nitrogen and oxygen atoms in total. The lowest BCUT2D eigenvalue weighted by Gasteiger charge is -2.06. The van der Waals surface area contributed by atoms with Gasteiger partial charge in [-0.05, 0) is 25.0 Å². The van der Waals surface area contributed by atoms with E-state index in [0.717, 1.165) is 5.56 Å². The number of hydrogen-bond donors (Lipinski definition) is 2. The summed E-state index contributed by atoms with van der Waals surface area (Å²) in [6, 6.07) is 9.42. The second-order valence-electron chi connectivity index (χ2n) is 6.65. The van der Waals surface area contributed by atoms with Gasteiger partial charge in [0.05, 0.1) is 6.54 Å². The summed E-state index contributed by atoms with van der Waals surface area (Å²) in [6.07, 6.45) is 3.58. The van der Waals surface area contributed by atoms with E-state index in [4.69, 9.17) is 4.74 Å². The quantitative estimate of drug-likeness (QED) is 0.446. The van der Waals surface area contributed by atoms with E-state index >= 15 is 0 Å². The average Bonchev–Trinajstić information content (AvgIpc) is 3.14. The molecular formula is C22H23N5O4. The number of fused-ring (bicyclic) bond motifs is 1. The molecular weight excluding hydrogens is 398 g/mol. The van der Waals surface area contributed by atoms with Gasteiger partial charge in [-0.2, -0.15) is 0 Å². The molecule has 2 aromatic heterocycles. The van der Waals surface area contributed by atoms with Crippen LogP contribution in [-0.2, 0) is 24.9 Å². The number of nitrogens with one attached hydrogen (secondary N) is 2. The Morgan fingerprint density at radius 2 is 2.06 bits per heavy atom. The van der Waals surface area contributed by atoms with Gasteiger partial charge in [0.1, 0.15) is 12.4 Å². The van der Waals surface area contributed by atoms with Crippen LogP contribution in [0, 0.1) is 11.8 Å². The van der Waals surface area contributed by atoms with Crippen LogP contribution in [0.5, 0.6) is 0 Å². The molecule has 0 radical (unpaired) electrons. The second kappa shape index (κ2) is 10.1. The molecule has 0 fully saturated rings. The fourth-order valence-electron chi connectivity index (χ4n) is 2.92. The summed E-state index contributed by atoms with van der Waals surface area (Å²) >= 11 is 0. The standard InChI is InChI=1S/C22H23N5O4/c1-3-4-14-27-17(24-19-18(27)20(28)25-21(29)26(19)2)12-8-9-13-23-22(30)31-15-16-10-6-5-7-11-16/h5-8,10-12H,9,13-15H2,1-2H3,(H,23,30)(H,25,28,29). The zero-order chi connectivity index (χ0) is 22.2. The van der Waals surface area contributed by atoms with Crippen molar-refractivity contribution in [2.45, 2.75) is 26.5 Å². The molecule has 31 heavy (non-hydrogen) atoms. The maximum Gasteiger partial charge on any atom is 0.407 e. The van der Waals surface area contributed by atoms with Crippen molar-refractivity contribution in [1.29, 1.82) is 0 Å². The van der Waals surface area contributed by atoms with Crippen LogP contribution < -0.4 is 16.6 Å². The van der Waals surface area contributed by atoms with Gasteiger partial charge in [0.15, 0.2) is 11.2 Å². The predicted molar refractivity (Wildman–Crippen MR) is 117 cm³/mol. The highest BCUT2D eigenvalue weighted by atomic mass is 16.5. The molecule has 3 aromatic rings. The maximum absolute atomic E-state index is 12.3. The molecule has 0 aliphatic heterocycles. The number of imidazole rings is 1. The number of aryl methyl sites for hydroxylation is 1. The summed E-state index contributed by atoms with van der Waals surface area (Å²) in [5.41, 5.74) is 0.445. The molecule has 0 atom stereocenters. The van der Waals surface area contributed by atoms with Gasteiger partial charge in [-0.3, -0.25) is 14.3 Å². The largest absolute Gasteiger partial charge is 0.445 e. The van der Waals surface area contributed by atoms with E-state index in [9.17, 15) is 14.4 Å². The molecule has 0 spiro atoms. The molecule has 9 heteroatoms. The normalized spacial score (nSPS) is 10.8. The summed E-state index contributed by atoms with van der Waals surface area (Å²) < 4.78 is 8.10. The highest BCUT2D eigenvalue weighted by Crippen LogP contribution is 2.12. The fraction of sp³-hybridized carbons (Fsp3) is 0.273. The van der Waals surface area contributed by atoms with Crippen LogP contribution in [-0.4, -0.2) is 31.7 Å². The lowest BCUT2D eigenvalue weighted by Crippen LogP contribution is -2.29. The van der Waals surface area contributed by atoms with E-state index in [2.05, 4.69) is 27.1 Å². The third-order valence-corrected chi connectivity index (χ3v) is 4.51. The smallest absolute Gasteiger partial charge is 0.407 e. The van der Waals surface area contributed by atoms with Crippen molar-refractivity contribution < 1.29 is 9.53 Å². The van der Waals surface area contributed by atoms with Gasteiger partial charge >= 0.3 is 11.8 Å². The predicted octanol–water partition coefficient (Wildman–Crippen LogP) is 1.78. The van der Waals surface area contributed by atoms with Crippen LogP contribution in [0.1, 0.15) is 24.7 Å². The van der Waals surface area contributed by atoms with Crippen LogP contribution >= 0.6 is 0 Å². The van der Waals surface area contributed by atoms with Gasteiger partial charge in [-0.25, -0.2) is 14.6 Å². The third-order valence-electron chi connectivity index (χ3n) is 4.51. The molecule has 0 unspecified atom stereocenters. The average molecular weight is 421 g/mol. The highest BCUT2D eigenvalue weighted by molar-refractivity contribution is 5.73. The number of amides is 1. The number of carbonyl (C=O) groups is 1. The molecule has 0 aliphatic carbocycles. The van der Waals surface area contributed by atoms with E-state index < -0.39 is 17.3 Å². The molecule has 1 aromatic carbocycles. The topological polar surface area (TPSA) is 111 Å². The van der Waals surface area contributed by atoms with Crippen molar-refractivity contribution in [3.63, 3.8) is 0 Å². The highest BCUT2D eigenvalue weighted by Gasteiger charge is 2.15. The molecule has 0 aliphatic rings. The first-order valence-electron chi connectivity index (χ1n) is 9.71. The minimum absolute atomic E-state index is 0.207. The first-order valence-corrected chi connectivity index (χ1v) is 9.71. The number of alkyl carbamates (subject to hydrolysis) is 1. The number of benzene rings is 1. The minimum Gasteiger partial charge on any atom is -0.445 e. The number of rotatable bonds is 7. The Morgan fingerprint density at radius 3 is 2.81 bits per heavy atom. The number of carbonyl (C=O) groups excluding carboxylic acids is 1. The Morgan fingerprint density at radius 1 is 1.29 bits per heavy atom. The minimum atomic E-state index is -0.530. The second-order valence-corrected chi connectivity index (χ2v) is 6.65. The Labute approximate surface area is 178 Å². The number of nitrogens with zero attached hydrogens (tertiary/aromatic N) is 3. The van der Waals surface area contributed by atoms with Crippen LogP contribution in [0.2, 0.25) is 0 Å². The summed E-state index contributed by atoms with van der Waals surface area (Å²) in [6.45, 7) is 2.55. The van der Waals surface area contributed by atoms with E-state index in [1.54, 1.807) is 24.6 Å². The van der Waals surface area contributed by atoms with Crippen LogP contribution in [0.25, 0.3) is 17.2 Å². The molecule has 1 amide bonds. The molecule has 0 saturated heterocycles. The van der Waals surface area contributed by atoms with Crippen LogP contribution in [0.4, 0.5) is 4.79 Å². The Balaban J connectivity index is 1.64. The first kappa shape index (κ1) is 21.6. The van der Waals surface area contributed by atoms with Crippen molar-refractivity contribution in [1.82, 2.24) is 24.4 Å². The van der Waals surface area contributed by atoms with Gasteiger partial charge in [-0.15, -0.1) is 5.92 Å². The van der Waals surface area contributed by atoms with Crippen molar-refractivity contribution in [3.05, 3.63) is 68.6 Å². The molecule has 160 valence electrons. The maximum atomic E-state index is 12.3. The lowest BCUT2D eigenvalue weighted by atomic mass is 10.2. The molecule has 0 bridgehead atoms. The number of aromatic nitrogens is 4. The summed E-state index contributed by atoms with van der Waals surface area (Å²) in [4.78, 5) is 42.6. The molecule has 2 heterocycles. The number of aromatic amines is 1. The summed E-state index contributed by atoms with van der Waals surface area (Å²) in [7, 11) is 1.54. The van der Waals surface area contributed by atoms with Gasteiger partial charge in [0.25, 0.3) is 5.56 Å². The van der Waals surface area contributed by atoms with Crippen molar-refractivity contribution in [3.8, 4) is 11.8 Å². The van der Waals surface area contributed by atoms with Crippen LogP contribution in [0.3, 0.4) is 0 Å². The summed E-state index contributed by atoms with van der Waals surface area (Å²) in [5, 5.41) is 2.68. The monoisotopic (exact) mass is 421 g/mol. The zero-order valence-electron chi connectivity index (χ0n) is 17.3.